The molecule has 0 saturated carbocycles. The molecule has 1 atom stereocenters. The van der Waals surface area contributed by atoms with E-state index in [0.29, 0.717) is 22.8 Å². The molecule has 5 rings (SSSR count). The van der Waals surface area contributed by atoms with Crippen molar-refractivity contribution in [2.75, 3.05) is 4.90 Å². The fourth-order valence-corrected chi connectivity index (χ4v) is 4.09. The van der Waals surface area contributed by atoms with E-state index < -0.39 is 36.0 Å². The van der Waals surface area contributed by atoms with Crippen LogP contribution in [0.3, 0.4) is 0 Å². The second-order valence-electron chi connectivity index (χ2n) is 8.96. The van der Waals surface area contributed by atoms with Gasteiger partial charge in [-0.05, 0) is 73.2 Å². The quantitative estimate of drug-likeness (QED) is 0.289. The fraction of sp³-hybridized carbons (Fsp3) is 0.179. The van der Waals surface area contributed by atoms with E-state index in [1.807, 2.05) is 0 Å². The maximum atomic E-state index is 15.1. The maximum Gasteiger partial charge on any atom is 0.251 e. The Labute approximate surface area is 227 Å². The molecule has 5 aromatic rings. The van der Waals surface area contributed by atoms with Gasteiger partial charge in [0.2, 0.25) is 5.82 Å². The lowest BCUT2D eigenvalue weighted by Crippen LogP contribution is -2.45. The topological polar surface area (TPSA) is 119 Å². The Morgan fingerprint density at radius 3 is 2.35 bits per heavy atom. The summed E-state index contributed by atoms with van der Waals surface area (Å²) in [5.74, 6) is -0.714. The smallest absolute Gasteiger partial charge is 0.251 e. The first kappa shape index (κ1) is 26.5. The molecule has 0 fully saturated rings. The number of amides is 2. The van der Waals surface area contributed by atoms with E-state index in [4.69, 9.17) is 8.83 Å². The van der Waals surface area contributed by atoms with Crippen LogP contribution in [-0.2, 0) is 22.7 Å². The number of furan rings is 2. The van der Waals surface area contributed by atoms with Crippen molar-refractivity contribution in [2.45, 2.75) is 33.0 Å². The molecular formula is C28H24F2N6O4. The van der Waals surface area contributed by atoms with Crippen LogP contribution in [0, 0.1) is 25.5 Å². The third-order valence-corrected chi connectivity index (χ3v) is 5.99. The van der Waals surface area contributed by atoms with E-state index in [2.05, 4.69) is 20.7 Å². The number of anilines is 1. The number of benzene rings is 2. The minimum absolute atomic E-state index is 0.0329. The van der Waals surface area contributed by atoms with Crippen LogP contribution >= 0.6 is 0 Å². The van der Waals surface area contributed by atoms with Crippen LogP contribution in [0.4, 0.5) is 14.5 Å². The molecule has 0 saturated heterocycles. The summed E-state index contributed by atoms with van der Waals surface area (Å²) in [4.78, 5) is 29.5. The summed E-state index contributed by atoms with van der Waals surface area (Å²) in [6, 6.07) is 16.4. The van der Waals surface area contributed by atoms with E-state index in [0.717, 1.165) is 9.70 Å². The third kappa shape index (κ3) is 5.80. The van der Waals surface area contributed by atoms with E-state index in [9.17, 15) is 14.0 Å². The lowest BCUT2D eigenvalue weighted by molar-refractivity contribution is -0.127. The minimum Gasteiger partial charge on any atom is -0.464 e. The predicted octanol–water partition coefficient (Wildman–Crippen LogP) is 4.51. The zero-order chi connectivity index (χ0) is 28.2. The average Bonchev–Trinajstić information content (AvgIpc) is 3.69. The summed E-state index contributed by atoms with van der Waals surface area (Å²) in [6.45, 7) is 3.01. The molecule has 0 aliphatic carbocycles. The third-order valence-electron chi connectivity index (χ3n) is 5.99. The summed E-state index contributed by atoms with van der Waals surface area (Å²) < 4.78 is 39.7. The van der Waals surface area contributed by atoms with Crippen LogP contribution in [0.15, 0.2) is 81.6 Å². The van der Waals surface area contributed by atoms with Crippen molar-refractivity contribution in [3.63, 3.8) is 0 Å². The monoisotopic (exact) mass is 546 g/mol. The molecule has 2 aromatic carbocycles. The van der Waals surface area contributed by atoms with Crippen molar-refractivity contribution in [1.82, 2.24) is 25.5 Å². The van der Waals surface area contributed by atoms with Crippen LogP contribution in [0.1, 0.15) is 28.9 Å². The van der Waals surface area contributed by atoms with Crippen molar-refractivity contribution in [3.05, 3.63) is 107 Å². The highest BCUT2D eigenvalue weighted by Crippen LogP contribution is 2.31. The molecule has 0 bridgehead atoms. The number of carbonyl (C=O) groups is 2. The van der Waals surface area contributed by atoms with Crippen LogP contribution in [0.5, 0.6) is 0 Å². The molecule has 0 aliphatic heterocycles. The number of tetrazole rings is 1. The number of nitrogens with zero attached hydrogens (tertiary/aromatic N) is 5. The van der Waals surface area contributed by atoms with Crippen molar-refractivity contribution < 1.29 is 27.2 Å². The molecule has 0 radical (unpaired) electrons. The number of nitrogens with one attached hydrogen (secondary N) is 1. The van der Waals surface area contributed by atoms with Gasteiger partial charge in [-0.25, -0.2) is 8.78 Å². The number of halogens is 2. The summed E-state index contributed by atoms with van der Waals surface area (Å²) in [6.07, 6.45) is 0. The standard InChI is InChI=1S/C28H24F2N6O4/c1-17-7-13-23(39-17)26(28(38)31-15-19-9-11-20(29)12-10-19)36(22-6-4-3-5-21(22)30)25(37)16-35-33-27(32-34-35)24-14-8-18(2)40-24/h3-14,26H,15-16H2,1-2H3,(H,31,38). The van der Waals surface area contributed by atoms with E-state index in [-0.39, 0.29) is 23.8 Å². The van der Waals surface area contributed by atoms with Gasteiger partial charge in [0, 0.05) is 6.54 Å². The molecule has 0 spiro atoms. The Morgan fingerprint density at radius 1 is 0.950 bits per heavy atom. The Hall–Kier alpha value is -5.13. The number of aromatic nitrogens is 4. The second-order valence-corrected chi connectivity index (χ2v) is 8.96. The molecule has 10 nitrogen and oxygen atoms in total. The molecule has 12 heteroatoms. The van der Waals surface area contributed by atoms with Crippen molar-refractivity contribution in [3.8, 4) is 11.6 Å². The molecule has 3 heterocycles. The number of para-hydroxylation sites is 1. The summed E-state index contributed by atoms with van der Waals surface area (Å²) in [5, 5.41) is 14.8. The zero-order valence-corrected chi connectivity index (χ0v) is 21.5. The first-order valence-corrected chi connectivity index (χ1v) is 12.3. The van der Waals surface area contributed by atoms with Crippen molar-refractivity contribution in [1.29, 1.82) is 0 Å². The molecule has 0 aliphatic rings. The normalized spacial score (nSPS) is 11.8. The van der Waals surface area contributed by atoms with Crippen LogP contribution in [-0.4, -0.2) is 32.0 Å². The fourth-order valence-electron chi connectivity index (χ4n) is 4.09. The van der Waals surface area contributed by atoms with Gasteiger partial charge in [0.05, 0.1) is 5.69 Å². The van der Waals surface area contributed by atoms with Gasteiger partial charge in [0.15, 0.2) is 11.8 Å². The number of hydrogen-bond donors (Lipinski definition) is 1. The van der Waals surface area contributed by atoms with Gasteiger partial charge in [-0.1, -0.05) is 24.3 Å². The number of aryl methyl sites for hydroxylation is 2. The largest absolute Gasteiger partial charge is 0.464 e. The average molecular weight is 547 g/mol. The van der Waals surface area contributed by atoms with Crippen molar-refractivity contribution in [2.24, 2.45) is 0 Å². The van der Waals surface area contributed by atoms with Gasteiger partial charge in [-0.2, -0.15) is 4.80 Å². The summed E-state index contributed by atoms with van der Waals surface area (Å²) in [7, 11) is 0. The van der Waals surface area contributed by atoms with Gasteiger partial charge in [-0.3, -0.25) is 14.5 Å². The SMILES string of the molecule is Cc1ccc(-c2nnn(CC(=O)N(c3ccccc3F)C(C(=O)NCc3ccc(F)cc3)c3ccc(C)o3)n2)o1. The first-order valence-electron chi connectivity index (χ1n) is 12.3. The predicted molar refractivity (Wildman–Crippen MR) is 139 cm³/mol. The minimum atomic E-state index is -1.39. The van der Waals surface area contributed by atoms with Gasteiger partial charge in [0.25, 0.3) is 11.8 Å². The molecular weight excluding hydrogens is 522 g/mol. The van der Waals surface area contributed by atoms with Crippen LogP contribution in [0.2, 0.25) is 0 Å². The van der Waals surface area contributed by atoms with Gasteiger partial charge in [0.1, 0.15) is 35.5 Å². The maximum absolute atomic E-state index is 15.1. The Morgan fingerprint density at radius 2 is 1.68 bits per heavy atom. The van der Waals surface area contributed by atoms with Crippen LogP contribution < -0.4 is 10.2 Å². The number of carbonyl (C=O) groups excluding carboxylic acids is 2. The lowest BCUT2D eigenvalue weighted by Gasteiger charge is -2.30. The lowest BCUT2D eigenvalue weighted by atomic mass is 10.1. The van der Waals surface area contributed by atoms with Gasteiger partial charge in [-0.15, -0.1) is 10.2 Å². The highest BCUT2D eigenvalue weighted by Gasteiger charge is 2.36. The van der Waals surface area contributed by atoms with E-state index >= 15 is 4.39 Å². The molecule has 204 valence electrons. The summed E-state index contributed by atoms with van der Waals surface area (Å²) in [5.41, 5.74) is 0.478. The Kier molecular flexibility index (Phi) is 7.49. The number of hydrogen-bond acceptors (Lipinski definition) is 7. The molecule has 1 N–H and O–H groups in total. The van der Waals surface area contributed by atoms with E-state index in [1.54, 1.807) is 44.2 Å². The van der Waals surface area contributed by atoms with Crippen LogP contribution in [0.25, 0.3) is 11.6 Å². The highest BCUT2D eigenvalue weighted by atomic mass is 19.1. The van der Waals surface area contributed by atoms with Crippen molar-refractivity contribution >= 4 is 17.5 Å². The molecule has 1 unspecified atom stereocenters. The first-order chi connectivity index (χ1) is 19.3. The molecule has 3 aromatic heterocycles. The summed E-state index contributed by atoms with van der Waals surface area (Å²) >= 11 is 0. The van der Waals surface area contributed by atoms with Gasteiger partial charge < -0.3 is 14.2 Å². The number of rotatable bonds is 9. The zero-order valence-electron chi connectivity index (χ0n) is 21.5. The molecule has 2 amide bonds. The highest BCUT2D eigenvalue weighted by molar-refractivity contribution is 6.01. The van der Waals surface area contributed by atoms with E-state index in [1.165, 1.54) is 42.5 Å². The molecule has 40 heavy (non-hydrogen) atoms. The Bertz CT molecular complexity index is 1640. The Balaban J connectivity index is 1.48. The van der Waals surface area contributed by atoms with Gasteiger partial charge >= 0.3 is 0 Å². The second kappa shape index (κ2) is 11.3.